The summed E-state index contributed by atoms with van der Waals surface area (Å²) in [4.78, 5) is 0. The molecule has 0 atom stereocenters. The third-order valence-corrected chi connectivity index (χ3v) is 3.12. The third-order valence-electron chi connectivity index (χ3n) is 2.88. The van der Waals surface area contributed by atoms with E-state index in [1.165, 1.54) is 6.07 Å². The molecular formula is C16H16ClF2NO. The topological polar surface area (TPSA) is 21.3 Å². The first-order valence-corrected chi connectivity index (χ1v) is 7.08. The zero-order valence-electron chi connectivity index (χ0n) is 11.6. The monoisotopic (exact) mass is 311 g/mol. The fraction of sp³-hybridized carbons (Fsp3) is 0.250. The minimum Gasteiger partial charge on any atom is -0.491 e. The van der Waals surface area contributed by atoms with E-state index < -0.39 is 11.6 Å². The summed E-state index contributed by atoms with van der Waals surface area (Å²) in [5.41, 5.74) is 0.899. The summed E-state index contributed by atoms with van der Waals surface area (Å²) in [5.74, 6) is -0.290. The minimum absolute atomic E-state index is 0.145. The van der Waals surface area contributed by atoms with Crippen molar-refractivity contribution in [2.24, 2.45) is 0 Å². The van der Waals surface area contributed by atoms with E-state index in [0.717, 1.165) is 18.6 Å². The smallest absolute Gasteiger partial charge is 0.142 e. The van der Waals surface area contributed by atoms with Crippen LogP contribution in [-0.4, -0.2) is 6.61 Å². The summed E-state index contributed by atoms with van der Waals surface area (Å²) < 4.78 is 32.3. The van der Waals surface area contributed by atoms with Crippen molar-refractivity contribution in [3.63, 3.8) is 0 Å². The summed E-state index contributed by atoms with van der Waals surface area (Å²) >= 11 is 5.96. The first-order valence-electron chi connectivity index (χ1n) is 6.70. The van der Waals surface area contributed by atoms with Crippen LogP contribution in [0.15, 0.2) is 36.4 Å². The number of ether oxygens (including phenoxy) is 1. The lowest BCUT2D eigenvalue weighted by molar-refractivity contribution is 0.319. The van der Waals surface area contributed by atoms with Gasteiger partial charge in [0.05, 0.1) is 12.3 Å². The molecule has 0 saturated carbocycles. The van der Waals surface area contributed by atoms with Gasteiger partial charge in [0.1, 0.15) is 17.4 Å². The number of hydrogen-bond donors (Lipinski definition) is 1. The Bertz CT molecular complexity index is 619. The molecule has 2 aromatic rings. The quantitative estimate of drug-likeness (QED) is 0.809. The van der Waals surface area contributed by atoms with Crippen LogP contribution < -0.4 is 10.1 Å². The predicted molar refractivity (Wildman–Crippen MR) is 80.9 cm³/mol. The van der Waals surface area contributed by atoms with E-state index in [1.54, 1.807) is 18.2 Å². The molecule has 112 valence electrons. The molecule has 0 amide bonds. The van der Waals surface area contributed by atoms with E-state index in [0.29, 0.717) is 23.1 Å². The number of benzene rings is 2. The first-order chi connectivity index (χ1) is 10.1. The Morgan fingerprint density at radius 2 is 1.95 bits per heavy atom. The van der Waals surface area contributed by atoms with Crippen molar-refractivity contribution < 1.29 is 13.5 Å². The van der Waals surface area contributed by atoms with Crippen LogP contribution in [0.1, 0.15) is 18.9 Å². The van der Waals surface area contributed by atoms with Gasteiger partial charge in [-0.1, -0.05) is 18.5 Å². The second-order valence-corrected chi connectivity index (χ2v) is 5.01. The fourth-order valence-corrected chi connectivity index (χ4v) is 2.02. The van der Waals surface area contributed by atoms with Crippen molar-refractivity contribution in [3.8, 4) is 5.75 Å². The lowest BCUT2D eigenvalue weighted by atomic mass is 10.2. The average molecular weight is 312 g/mol. The Morgan fingerprint density at radius 3 is 2.71 bits per heavy atom. The molecular weight excluding hydrogens is 296 g/mol. The van der Waals surface area contributed by atoms with E-state index in [2.05, 4.69) is 5.32 Å². The molecule has 5 heteroatoms. The van der Waals surface area contributed by atoms with Gasteiger partial charge in [0, 0.05) is 17.1 Å². The van der Waals surface area contributed by atoms with E-state index in [1.807, 2.05) is 6.92 Å². The van der Waals surface area contributed by atoms with Gasteiger partial charge >= 0.3 is 0 Å². The molecule has 0 radical (unpaired) electrons. The van der Waals surface area contributed by atoms with E-state index in [4.69, 9.17) is 16.3 Å². The number of anilines is 1. The van der Waals surface area contributed by atoms with Crippen molar-refractivity contribution in [2.75, 3.05) is 11.9 Å². The van der Waals surface area contributed by atoms with E-state index in [-0.39, 0.29) is 12.1 Å². The van der Waals surface area contributed by atoms with Gasteiger partial charge < -0.3 is 10.1 Å². The van der Waals surface area contributed by atoms with Crippen LogP contribution in [-0.2, 0) is 6.54 Å². The molecule has 1 N–H and O–H groups in total. The van der Waals surface area contributed by atoms with Gasteiger partial charge in [0.15, 0.2) is 0 Å². The van der Waals surface area contributed by atoms with E-state index >= 15 is 0 Å². The zero-order chi connectivity index (χ0) is 15.2. The van der Waals surface area contributed by atoms with Crippen LogP contribution in [0.3, 0.4) is 0 Å². The van der Waals surface area contributed by atoms with Gasteiger partial charge in [0.25, 0.3) is 0 Å². The highest BCUT2D eigenvalue weighted by Gasteiger charge is 2.07. The molecule has 2 rings (SSSR count). The second kappa shape index (κ2) is 7.27. The average Bonchev–Trinajstić information content (AvgIpc) is 2.47. The lowest BCUT2D eigenvalue weighted by Gasteiger charge is -2.14. The SMILES string of the molecule is CCCOc1ccc(Cl)cc1NCc1cc(F)ccc1F. The second-order valence-electron chi connectivity index (χ2n) is 4.58. The maximum absolute atomic E-state index is 13.6. The summed E-state index contributed by atoms with van der Waals surface area (Å²) in [6.45, 7) is 2.72. The Kier molecular flexibility index (Phi) is 5.39. The van der Waals surface area contributed by atoms with Crippen molar-refractivity contribution in [2.45, 2.75) is 19.9 Å². The summed E-state index contributed by atoms with van der Waals surface area (Å²) in [6.07, 6.45) is 0.876. The van der Waals surface area contributed by atoms with Gasteiger partial charge in [0.2, 0.25) is 0 Å². The molecule has 0 aliphatic carbocycles. The van der Waals surface area contributed by atoms with Gasteiger partial charge in [-0.15, -0.1) is 0 Å². The van der Waals surface area contributed by atoms with Gasteiger partial charge in [-0.25, -0.2) is 8.78 Å². The van der Waals surface area contributed by atoms with Gasteiger partial charge in [-0.3, -0.25) is 0 Å². The highest BCUT2D eigenvalue weighted by molar-refractivity contribution is 6.30. The number of hydrogen-bond acceptors (Lipinski definition) is 2. The van der Waals surface area contributed by atoms with Crippen molar-refractivity contribution in [3.05, 3.63) is 58.6 Å². The highest BCUT2D eigenvalue weighted by atomic mass is 35.5. The van der Waals surface area contributed by atoms with Crippen LogP contribution in [0.25, 0.3) is 0 Å². The first kappa shape index (κ1) is 15.6. The molecule has 0 fully saturated rings. The van der Waals surface area contributed by atoms with Crippen molar-refractivity contribution in [1.82, 2.24) is 0 Å². The summed E-state index contributed by atoms with van der Waals surface area (Å²) in [6, 6.07) is 8.54. The maximum Gasteiger partial charge on any atom is 0.142 e. The highest BCUT2D eigenvalue weighted by Crippen LogP contribution is 2.29. The molecule has 0 saturated heterocycles. The summed E-state index contributed by atoms with van der Waals surface area (Å²) in [5, 5.41) is 3.57. The van der Waals surface area contributed by atoms with Gasteiger partial charge in [-0.05, 0) is 42.8 Å². The van der Waals surface area contributed by atoms with E-state index in [9.17, 15) is 8.78 Å². The molecule has 0 aromatic heterocycles. The molecule has 2 aromatic carbocycles. The molecule has 0 spiro atoms. The number of halogens is 3. The van der Waals surface area contributed by atoms with Crippen LogP contribution in [0.4, 0.5) is 14.5 Å². The molecule has 0 aliphatic rings. The molecule has 21 heavy (non-hydrogen) atoms. The third kappa shape index (κ3) is 4.33. The molecule has 0 bridgehead atoms. The lowest BCUT2D eigenvalue weighted by Crippen LogP contribution is -2.05. The maximum atomic E-state index is 13.6. The summed E-state index contributed by atoms with van der Waals surface area (Å²) in [7, 11) is 0. The Labute approximate surface area is 127 Å². The predicted octanol–water partition coefficient (Wildman–Crippen LogP) is 5.02. The molecule has 0 aliphatic heterocycles. The van der Waals surface area contributed by atoms with Crippen molar-refractivity contribution in [1.29, 1.82) is 0 Å². The number of rotatable bonds is 6. The standard InChI is InChI=1S/C16H16ClF2NO/c1-2-7-21-16-6-3-12(17)9-15(16)20-10-11-8-13(18)4-5-14(11)19/h3-6,8-9,20H,2,7,10H2,1H3. The van der Waals surface area contributed by atoms with Crippen molar-refractivity contribution >= 4 is 17.3 Å². The fourth-order valence-electron chi connectivity index (χ4n) is 1.85. The Balaban J connectivity index is 2.14. The molecule has 0 heterocycles. The molecule has 2 nitrogen and oxygen atoms in total. The minimum atomic E-state index is -0.471. The Hall–Kier alpha value is -1.81. The Morgan fingerprint density at radius 1 is 1.14 bits per heavy atom. The van der Waals surface area contributed by atoms with Gasteiger partial charge in [-0.2, -0.15) is 0 Å². The zero-order valence-corrected chi connectivity index (χ0v) is 12.4. The number of nitrogens with one attached hydrogen (secondary N) is 1. The largest absolute Gasteiger partial charge is 0.491 e. The van der Waals surface area contributed by atoms with Crippen LogP contribution in [0, 0.1) is 11.6 Å². The normalized spacial score (nSPS) is 10.5. The van der Waals surface area contributed by atoms with Crippen LogP contribution in [0.2, 0.25) is 5.02 Å². The van der Waals surface area contributed by atoms with Crippen LogP contribution >= 0.6 is 11.6 Å². The van der Waals surface area contributed by atoms with Crippen LogP contribution in [0.5, 0.6) is 5.75 Å². The molecule has 0 unspecified atom stereocenters.